The van der Waals surface area contributed by atoms with Gasteiger partial charge in [0.15, 0.2) is 0 Å². The Labute approximate surface area is 135 Å². The van der Waals surface area contributed by atoms with Crippen LogP contribution in [0.25, 0.3) is 0 Å². The predicted octanol–water partition coefficient (Wildman–Crippen LogP) is 2.47. The lowest BCUT2D eigenvalue weighted by Crippen LogP contribution is -2.47. The normalized spacial score (nSPS) is 19.0. The van der Waals surface area contributed by atoms with Gasteiger partial charge in [-0.15, -0.1) is 0 Å². The van der Waals surface area contributed by atoms with Crippen molar-refractivity contribution in [1.82, 2.24) is 15.2 Å². The summed E-state index contributed by atoms with van der Waals surface area (Å²) in [4.78, 5) is 18.9. The molecule has 0 aliphatic carbocycles. The minimum absolute atomic E-state index is 0.128. The fourth-order valence-corrected chi connectivity index (χ4v) is 3.56. The standard InChI is InChI=1S/C17H21N3OS/c21-17(10-14-6-9-22-13-14)19-16-5-3-8-20(12-16)11-15-4-1-2-7-18-15/h1-2,4,6-7,9,13,16H,3,5,8,10-12H2,(H,19,21). The summed E-state index contributed by atoms with van der Waals surface area (Å²) in [6, 6.07) is 8.28. The molecule has 1 aliphatic heterocycles. The molecule has 5 heteroatoms. The quantitative estimate of drug-likeness (QED) is 0.922. The maximum absolute atomic E-state index is 12.1. The number of aromatic nitrogens is 1. The van der Waals surface area contributed by atoms with E-state index in [2.05, 4.69) is 21.3 Å². The monoisotopic (exact) mass is 315 g/mol. The van der Waals surface area contributed by atoms with E-state index in [4.69, 9.17) is 0 Å². The Balaban J connectivity index is 1.49. The van der Waals surface area contributed by atoms with Crippen LogP contribution in [0.5, 0.6) is 0 Å². The Morgan fingerprint density at radius 1 is 1.41 bits per heavy atom. The molecule has 1 fully saturated rings. The van der Waals surface area contributed by atoms with Gasteiger partial charge in [-0.2, -0.15) is 11.3 Å². The third-order valence-corrected chi connectivity index (χ3v) is 4.66. The van der Waals surface area contributed by atoms with Crippen molar-refractivity contribution in [3.05, 3.63) is 52.5 Å². The van der Waals surface area contributed by atoms with E-state index in [9.17, 15) is 4.79 Å². The first kappa shape index (κ1) is 15.2. The number of piperidine rings is 1. The van der Waals surface area contributed by atoms with Crippen molar-refractivity contribution >= 4 is 17.2 Å². The molecule has 3 rings (SSSR count). The molecule has 3 heterocycles. The van der Waals surface area contributed by atoms with Crippen molar-refractivity contribution < 1.29 is 4.79 Å². The molecule has 22 heavy (non-hydrogen) atoms. The van der Waals surface area contributed by atoms with Crippen molar-refractivity contribution in [1.29, 1.82) is 0 Å². The Kier molecular flexibility index (Phi) is 5.19. The molecule has 1 aliphatic rings. The van der Waals surface area contributed by atoms with Gasteiger partial charge in [-0.05, 0) is 53.9 Å². The summed E-state index contributed by atoms with van der Waals surface area (Å²) in [7, 11) is 0. The first-order valence-corrected chi connectivity index (χ1v) is 8.66. The molecule has 0 bridgehead atoms. The van der Waals surface area contributed by atoms with Gasteiger partial charge >= 0.3 is 0 Å². The number of amides is 1. The number of hydrogen-bond acceptors (Lipinski definition) is 4. The number of pyridine rings is 1. The summed E-state index contributed by atoms with van der Waals surface area (Å²) in [5, 5.41) is 7.22. The molecule has 2 aromatic rings. The second-order valence-corrected chi connectivity index (χ2v) is 6.55. The SMILES string of the molecule is O=C(Cc1ccsc1)NC1CCCN(Cc2ccccn2)C1. The van der Waals surface area contributed by atoms with E-state index >= 15 is 0 Å². The van der Waals surface area contributed by atoms with Crippen LogP contribution in [0.4, 0.5) is 0 Å². The summed E-state index contributed by atoms with van der Waals surface area (Å²) in [5.41, 5.74) is 2.19. The minimum atomic E-state index is 0.128. The number of nitrogens with zero attached hydrogens (tertiary/aromatic N) is 2. The van der Waals surface area contributed by atoms with Crippen LogP contribution in [0.1, 0.15) is 24.1 Å². The number of rotatable bonds is 5. The molecule has 0 radical (unpaired) electrons. The highest BCUT2D eigenvalue weighted by Crippen LogP contribution is 2.13. The van der Waals surface area contributed by atoms with Crippen molar-refractivity contribution in [3.8, 4) is 0 Å². The fourth-order valence-electron chi connectivity index (χ4n) is 2.90. The van der Waals surface area contributed by atoms with Crippen molar-refractivity contribution in [2.45, 2.75) is 31.8 Å². The Morgan fingerprint density at radius 2 is 2.36 bits per heavy atom. The molecule has 2 aromatic heterocycles. The molecule has 0 saturated carbocycles. The van der Waals surface area contributed by atoms with Gasteiger partial charge < -0.3 is 5.32 Å². The van der Waals surface area contributed by atoms with E-state index in [1.165, 1.54) is 0 Å². The van der Waals surface area contributed by atoms with E-state index in [-0.39, 0.29) is 11.9 Å². The fraction of sp³-hybridized carbons (Fsp3) is 0.412. The van der Waals surface area contributed by atoms with Gasteiger partial charge in [0.05, 0.1) is 12.1 Å². The maximum atomic E-state index is 12.1. The number of likely N-dealkylation sites (tertiary alicyclic amines) is 1. The molecular weight excluding hydrogens is 294 g/mol. The Hall–Kier alpha value is -1.72. The van der Waals surface area contributed by atoms with Crippen LogP contribution < -0.4 is 5.32 Å². The van der Waals surface area contributed by atoms with Crippen LogP contribution in [-0.2, 0) is 17.8 Å². The van der Waals surface area contributed by atoms with Crippen LogP contribution in [0.3, 0.4) is 0 Å². The van der Waals surface area contributed by atoms with Gasteiger partial charge in [0, 0.05) is 25.3 Å². The van der Waals surface area contributed by atoms with Gasteiger partial charge in [0.25, 0.3) is 0 Å². The second kappa shape index (κ2) is 7.51. The molecule has 0 aromatic carbocycles. The van der Waals surface area contributed by atoms with Crippen LogP contribution in [0, 0.1) is 0 Å². The average Bonchev–Trinajstić information content (AvgIpc) is 3.01. The van der Waals surface area contributed by atoms with E-state index in [1.807, 2.05) is 35.2 Å². The van der Waals surface area contributed by atoms with E-state index < -0.39 is 0 Å². The molecule has 1 atom stereocenters. The van der Waals surface area contributed by atoms with Crippen molar-refractivity contribution in [2.75, 3.05) is 13.1 Å². The summed E-state index contributed by atoms with van der Waals surface area (Å²) in [6.07, 6.45) is 4.50. The van der Waals surface area contributed by atoms with Crippen molar-refractivity contribution in [2.24, 2.45) is 0 Å². The van der Waals surface area contributed by atoms with Crippen LogP contribution in [0.2, 0.25) is 0 Å². The lowest BCUT2D eigenvalue weighted by Gasteiger charge is -2.32. The van der Waals surface area contributed by atoms with Gasteiger partial charge in [-0.3, -0.25) is 14.7 Å². The Bertz CT molecular complexity index is 585. The van der Waals surface area contributed by atoms with Crippen LogP contribution >= 0.6 is 11.3 Å². The number of nitrogens with one attached hydrogen (secondary N) is 1. The van der Waals surface area contributed by atoms with Gasteiger partial charge in [0.1, 0.15) is 0 Å². The lowest BCUT2D eigenvalue weighted by molar-refractivity contribution is -0.121. The molecule has 1 amide bonds. The van der Waals surface area contributed by atoms with Gasteiger partial charge in [-0.1, -0.05) is 6.07 Å². The molecule has 1 N–H and O–H groups in total. The minimum Gasteiger partial charge on any atom is -0.352 e. The summed E-state index contributed by atoms with van der Waals surface area (Å²) in [6.45, 7) is 2.84. The summed E-state index contributed by atoms with van der Waals surface area (Å²) < 4.78 is 0. The average molecular weight is 315 g/mol. The lowest BCUT2D eigenvalue weighted by atomic mass is 10.0. The Morgan fingerprint density at radius 3 is 3.14 bits per heavy atom. The van der Waals surface area contributed by atoms with Gasteiger partial charge in [0.2, 0.25) is 5.91 Å². The molecular formula is C17H21N3OS. The third-order valence-electron chi connectivity index (χ3n) is 3.93. The maximum Gasteiger partial charge on any atom is 0.224 e. The zero-order valence-corrected chi connectivity index (χ0v) is 13.4. The first-order valence-electron chi connectivity index (χ1n) is 7.72. The number of carbonyl (C=O) groups excluding carboxylic acids is 1. The highest BCUT2D eigenvalue weighted by molar-refractivity contribution is 7.07. The summed E-state index contributed by atoms with van der Waals surface area (Å²) >= 11 is 1.63. The number of carbonyl (C=O) groups is 1. The highest BCUT2D eigenvalue weighted by atomic mass is 32.1. The number of thiophene rings is 1. The smallest absolute Gasteiger partial charge is 0.224 e. The molecule has 1 unspecified atom stereocenters. The highest BCUT2D eigenvalue weighted by Gasteiger charge is 2.21. The molecule has 0 spiro atoms. The number of hydrogen-bond donors (Lipinski definition) is 1. The van der Waals surface area contributed by atoms with Crippen LogP contribution in [-0.4, -0.2) is 34.9 Å². The van der Waals surface area contributed by atoms with Crippen LogP contribution in [0.15, 0.2) is 41.2 Å². The predicted molar refractivity (Wildman–Crippen MR) is 88.7 cm³/mol. The molecule has 116 valence electrons. The first-order chi connectivity index (χ1) is 10.8. The largest absolute Gasteiger partial charge is 0.352 e. The van der Waals surface area contributed by atoms with Crippen molar-refractivity contribution in [3.63, 3.8) is 0 Å². The molecule has 4 nitrogen and oxygen atoms in total. The van der Waals surface area contributed by atoms with E-state index in [0.29, 0.717) is 6.42 Å². The second-order valence-electron chi connectivity index (χ2n) is 5.77. The topological polar surface area (TPSA) is 45.2 Å². The van der Waals surface area contributed by atoms with E-state index in [0.717, 1.165) is 43.7 Å². The van der Waals surface area contributed by atoms with E-state index in [1.54, 1.807) is 11.3 Å². The molecule has 1 saturated heterocycles. The zero-order valence-electron chi connectivity index (χ0n) is 12.6. The third kappa shape index (κ3) is 4.39. The van der Waals surface area contributed by atoms with Gasteiger partial charge in [-0.25, -0.2) is 0 Å². The zero-order chi connectivity index (χ0) is 15.2. The summed E-state index contributed by atoms with van der Waals surface area (Å²) in [5.74, 6) is 0.128.